The first-order chi connectivity index (χ1) is 10.1. The van der Waals surface area contributed by atoms with E-state index < -0.39 is 29.1 Å². The standard InChI is InChI=1S/C15H18BrF3O3/c1-8(2)21-13-6-9-3-10(7-13)5-11(4-9)14(13,22-16)12(20)15(17,18)19/h9-11H,1,3-7H2,2H3. The van der Waals surface area contributed by atoms with E-state index in [0.29, 0.717) is 31.4 Å². The molecule has 0 aromatic rings. The van der Waals surface area contributed by atoms with Crippen LogP contribution in [0, 0.1) is 17.8 Å². The van der Waals surface area contributed by atoms with E-state index in [0.717, 1.165) is 6.42 Å². The number of ether oxygens (including phenoxy) is 1. The number of carbonyl (C=O) groups excluding carboxylic acids is 1. The number of Topliss-reactive ketones (excluding diaryl/α,β-unsaturated/α-hetero) is 1. The van der Waals surface area contributed by atoms with E-state index in [1.807, 2.05) is 0 Å². The quantitative estimate of drug-likeness (QED) is 0.679. The van der Waals surface area contributed by atoms with Gasteiger partial charge in [0.15, 0.2) is 5.60 Å². The maximum Gasteiger partial charge on any atom is 0.453 e. The third-order valence-corrected chi connectivity index (χ3v) is 5.99. The Morgan fingerprint density at radius 1 is 1.23 bits per heavy atom. The topological polar surface area (TPSA) is 35.5 Å². The lowest BCUT2D eigenvalue weighted by molar-refractivity contribution is -0.263. The minimum absolute atomic E-state index is 0.286. The van der Waals surface area contributed by atoms with Crippen LogP contribution in [-0.2, 0) is 13.4 Å². The van der Waals surface area contributed by atoms with Crippen LogP contribution in [0.5, 0.6) is 0 Å². The second kappa shape index (κ2) is 4.97. The van der Waals surface area contributed by atoms with Crippen LogP contribution in [0.1, 0.15) is 39.0 Å². The zero-order valence-electron chi connectivity index (χ0n) is 12.2. The Labute approximate surface area is 135 Å². The lowest BCUT2D eigenvalue weighted by Crippen LogP contribution is -2.74. The Hall–Kier alpha value is -0.560. The van der Waals surface area contributed by atoms with Crippen molar-refractivity contribution in [2.24, 2.45) is 17.8 Å². The molecular weight excluding hydrogens is 365 g/mol. The van der Waals surface area contributed by atoms with Gasteiger partial charge in [-0.1, -0.05) is 6.58 Å². The molecule has 0 amide bonds. The van der Waals surface area contributed by atoms with Crippen molar-refractivity contribution in [3.05, 3.63) is 12.3 Å². The first-order valence-corrected chi connectivity index (χ1v) is 8.05. The van der Waals surface area contributed by atoms with Crippen LogP contribution >= 0.6 is 16.3 Å². The highest BCUT2D eigenvalue weighted by molar-refractivity contribution is 9.06. The van der Waals surface area contributed by atoms with Crippen molar-refractivity contribution in [2.45, 2.75) is 56.4 Å². The number of alkyl halides is 3. The van der Waals surface area contributed by atoms with Crippen LogP contribution in [0.4, 0.5) is 13.2 Å². The molecule has 4 aliphatic carbocycles. The molecule has 124 valence electrons. The molecule has 0 aromatic heterocycles. The highest BCUT2D eigenvalue weighted by atomic mass is 79.9. The molecule has 0 aromatic carbocycles. The van der Waals surface area contributed by atoms with Gasteiger partial charge < -0.3 is 4.74 Å². The summed E-state index contributed by atoms with van der Waals surface area (Å²) in [7, 11) is 0. The maximum atomic E-state index is 13.3. The third-order valence-electron chi connectivity index (χ3n) is 5.48. The van der Waals surface area contributed by atoms with E-state index in [1.165, 1.54) is 0 Å². The normalized spacial score (nSPS) is 43.2. The predicted octanol–water partition coefficient (Wildman–Crippen LogP) is 4.31. The number of hydrogen-bond donors (Lipinski definition) is 0. The van der Waals surface area contributed by atoms with E-state index in [2.05, 4.69) is 22.8 Å². The van der Waals surface area contributed by atoms with Crippen LogP contribution in [0.2, 0.25) is 0 Å². The number of rotatable bonds is 4. The summed E-state index contributed by atoms with van der Waals surface area (Å²) in [5.74, 6) is -1.44. The van der Waals surface area contributed by atoms with Crippen molar-refractivity contribution in [3.8, 4) is 0 Å². The molecule has 7 heteroatoms. The average molecular weight is 383 g/mol. The lowest BCUT2D eigenvalue weighted by atomic mass is 9.46. The van der Waals surface area contributed by atoms with Crippen molar-refractivity contribution in [3.63, 3.8) is 0 Å². The first kappa shape index (κ1) is 16.3. The van der Waals surface area contributed by atoms with E-state index in [-0.39, 0.29) is 11.8 Å². The Balaban J connectivity index is 2.13. The zero-order valence-corrected chi connectivity index (χ0v) is 13.8. The minimum atomic E-state index is -4.96. The highest BCUT2D eigenvalue weighted by Gasteiger charge is 2.75. The second-order valence-corrected chi connectivity index (χ2v) is 7.31. The van der Waals surface area contributed by atoms with Crippen molar-refractivity contribution >= 4 is 22.0 Å². The molecule has 22 heavy (non-hydrogen) atoms. The molecule has 3 nitrogen and oxygen atoms in total. The van der Waals surface area contributed by atoms with Gasteiger partial charge in [0.2, 0.25) is 0 Å². The summed E-state index contributed by atoms with van der Waals surface area (Å²) >= 11 is 2.75. The molecule has 4 rings (SSSR count). The fraction of sp³-hybridized carbons (Fsp3) is 0.800. The predicted molar refractivity (Wildman–Crippen MR) is 76.0 cm³/mol. The van der Waals surface area contributed by atoms with E-state index in [4.69, 9.17) is 8.57 Å². The van der Waals surface area contributed by atoms with Gasteiger partial charge in [0.05, 0.1) is 22.0 Å². The van der Waals surface area contributed by atoms with Gasteiger partial charge in [-0.2, -0.15) is 13.2 Å². The summed E-state index contributed by atoms with van der Waals surface area (Å²) in [6.45, 7) is 5.26. The number of carbonyl (C=O) groups is 1. The highest BCUT2D eigenvalue weighted by Crippen LogP contribution is 2.65. The van der Waals surface area contributed by atoms with Gasteiger partial charge in [0, 0.05) is 5.92 Å². The molecule has 4 aliphatic rings. The second-order valence-electron chi connectivity index (χ2n) is 6.98. The van der Waals surface area contributed by atoms with Gasteiger partial charge in [-0.15, -0.1) is 0 Å². The molecule has 0 N–H and O–H groups in total. The largest absolute Gasteiger partial charge is 0.489 e. The molecule has 0 heterocycles. The summed E-state index contributed by atoms with van der Waals surface area (Å²) < 4.78 is 50.8. The fourth-order valence-corrected chi connectivity index (χ4v) is 5.89. The molecule has 0 radical (unpaired) electrons. The van der Waals surface area contributed by atoms with Crippen molar-refractivity contribution in [1.82, 2.24) is 0 Å². The Bertz CT molecular complexity index is 505. The number of allylic oxidation sites excluding steroid dienone is 1. The van der Waals surface area contributed by atoms with Crippen LogP contribution in [0.15, 0.2) is 12.3 Å². The van der Waals surface area contributed by atoms with E-state index in [1.54, 1.807) is 6.92 Å². The summed E-state index contributed by atoms with van der Waals surface area (Å²) in [5.41, 5.74) is -3.29. The number of halogens is 4. The van der Waals surface area contributed by atoms with Gasteiger partial charge >= 0.3 is 6.18 Å². The lowest BCUT2D eigenvalue weighted by Gasteiger charge is -2.64. The number of ketones is 1. The van der Waals surface area contributed by atoms with Crippen LogP contribution in [-0.4, -0.2) is 23.2 Å². The summed E-state index contributed by atoms with van der Waals surface area (Å²) in [6, 6.07) is 0. The van der Waals surface area contributed by atoms with Crippen LogP contribution in [0.25, 0.3) is 0 Å². The molecule has 3 unspecified atom stereocenters. The van der Waals surface area contributed by atoms with Crippen molar-refractivity contribution in [2.75, 3.05) is 0 Å². The average Bonchev–Trinajstić information content (AvgIpc) is 2.35. The number of hydrogen-bond acceptors (Lipinski definition) is 3. The molecule has 0 aliphatic heterocycles. The van der Waals surface area contributed by atoms with Gasteiger partial charge in [-0.25, -0.2) is 0 Å². The summed E-state index contributed by atoms with van der Waals surface area (Å²) in [4.78, 5) is 12.3. The van der Waals surface area contributed by atoms with Gasteiger partial charge in [0.25, 0.3) is 5.78 Å². The SMILES string of the molecule is C=C(C)OC12CC3CC(CC(C3)C1(OBr)C(=O)C(F)(F)F)C2. The van der Waals surface area contributed by atoms with Gasteiger partial charge in [0.1, 0.15) is 5.60 Å². The Morgan fingerprint density at radius 2 is 1.77 bits per heavy atom. The summed E-state index contributed by atoms with van der Waals surface area (Å²) in [5, 5.41) is 0. The van der Waals surface area contributed by atoms with Crippen LogP contribution in [0.3, 0.4) is 0 Å². The van der Waals surface area contributed by atoms with E-state index in [9.17, 15) is 18.0 Å². The molecule has 0 spiro atoms. The van der Waals surface area contributed by atoms with Crippen molar-refractivity contribution < 1.29 is 26.5 Å². The molecule has 4 bridgehead atoms. The maximum absolute atomic E-state index is 13.3. The third kappa shape index (κ3) is 2.08. The molecular formula is C15H18BrF3O3. The minimum Gasteiger partial charge on any atom is -0.489 e. The monoisotopic (exact) mass is 382 g/mol. The zero-order chi connectivity index (χ0) is 16.3. The summed E-state index contributed by atoms with van der Waals surface area (Å²) in [6.07, 6.45) is -2.01. The first-order valence-electron chi connectivity index (χ1n) is 7.40. The Morgan fingerprint density at radius 3 is 2.18 bits per heavy atom. The van der Waals surface area contributed by atoms with Gasteiger partial charge in [-0.3, -0.25) is 8.62 Å². The molecule has 4 fully saturated rings. The molecule has 4 saturated carbocycles. The molecule has 0 saturated heterocycles. The molecule has 3 atom stereocenters. The van der Waals surface area contributed by atoms with E-state index >= 15 is 0 Å². The smallest absolute Gasteiger partial charge is 0.453 e. The van der Waals surface area contributed by atoms with Gasteiger partial charge in [-0.05, 0) is 50.9 Å². The van der Waals surface area contributed by atoms with Crippen LogP contribution < -0.4 is 0 Å². The van der Waals surface area contributed by atoms with Crippen molar-refractivity contribution in [1.29, 1.82) is 0 Å². The Kier molecular flexibility index (Phi) is 3.68. The fourth-order valence-electron chi connectivity index (χ4n) is 5.19.